The highest BCUT2D eigenvalue weighted by Crippen LogP contribution is 2.28. The first kappa shape index (κ1) is 11.3. The molecule has 2 N–H and O–H groups in total. The Morgan fingerprint density at radius 3 is 3.19 bits per heavy atom. The standard InChI is InChI=1S/C11H14N2O2S/c14-11-7-15-10-2-1-8(5-9(10)13-11)6-12-3-4-16/h1-2,5,12,16H,3-4,6-7H2,(H,13,14). The van der Waals surface area contributed by atoms with Crippen molar-refractivity contribution >= 4 is 24.2 Å². The van der Waals surface area contributed by atoms with Gasteiger partial charge in [-0.2, -0.15) is 12.6 Å². The molecule has 0 aromatic heterocycles. The Balaban J connectivity index is 2.06. The van der Waals surface area contributed by atoms with Crippen LogP contribution in [0.4, 0.5) is 5.69 Å². The first-order valence-corrected chi connectivity index (χ1v) is 5.80. The molecule has 5 heteroatoms. The molecule has 0 aliphatic carbocycles. The number of carbonyl (C=O) groups is 1. The molecule has 1 heterocycles. The number of anilines is 1. The average Bonchev–Trinajstić information content (AvgIpc) is 2.29. The minimum atomic E-state index is -0.104. The topological polar surface area (TPSA) is 50.4 Å². The van der Waals surface area contributed by atoms with E-state index >= 15 is 0 Å². The maximum absolute atomic E-state index is 11.1. The van der Waals surface area contributed by atoms with Gasteiger partial charge in [0.05, 0.1) is 5.69 Å². The van der Waals surface area contributed by atoms with Gasteiger partial charge in [0, 0.05) is 18.8 Å². The summed E-state index contributed by atoms with van der Waals surface area (Å²) in [6.07, 6.45) is 0. The van der Waals surface area contributed by atoms with Gasteiger partial charge in [0.15, 0.2) is 6.61 Å². The van der Waals surface area contributed by atoms with Crippen LogP contribution in [0.5, 0.6) is 5.75 Å². The molecule has 0 radical (unpaired) electrons. The number of amides is 1. The maximum Gasteiger partial charge on any atom is 0.262 e. The molecule has 0 fully saturated rings. The highest BCUT2D eigenvalue weighted by molar-refractivity contribution is 7.80. The van der Waals surface area contributed by atoms with E-state index in [9.17, 15) is 4.79 Å². The Kier molecular flexibility index (Phi) is 3.69. The Bertz CT molecular complexity index is 396. The summed E-state index contributed by atoms with van der Waals surface area (Å²) in [6, 6.07) is 5.80. The molecule has 0 saturated heterocycles. The van der Waals surface area contributed by atoms with Gasteiger partial charge in [-0.1, -0.05) is 6.07 Å². The summed E-state index contributed by atoms with van der Waals surface area (Å²) < 4.78 is 5.27. The number of hydrogen-bond donors (Lipinski definition) is 3. The lowest BCUT2D eigenvalue weighted by Crippen LogP contribution is -2.25. The summed E-state index contributed by atoms with van der Waals surface area (Å²) in [5.41, 5.74) is 1.87. The Morgan fingerprint density at radius 1 is 1.50 bits per heavy atom. The molecule has 1 amide bonds. The molecule has 1 aliphatic heterocycles. The first-order valence-electron chi connectivity index (χ1n) is 5.17. The Morgan fingerprint density at radius 2 is 2.38 bits per heavy atom. The van der Waals surface area contributed by atoms with Crippen LogP contribution in [0.15, 0.2) is 18.2 Å². The molecule has 0 saturated carbocycles. The third kappa shape index (κ3) is 2.68. The van der Waals surface area contributed by atoms with Crippen LogP contribution in [-0.2, 0) is 11.3 Å². The number of nitrogens with one attached hydrogen (secondary N) is 2. The molecule has 2 rings (SSSR count). The lowest BCUT2D eigenvalue weighted by Gasteiger charge is -2.18. The van der Waals surface area contributed by atoms with Crippen LogP contribution >= 0.6 is 12.6 Å². The van der Waals surface area contributed by atoms with Gasteiger partial charge in [-0.25, -0.2) is 0 Å². The summed E-state index contributed by atoms with van der Waals surface area (Å²) in [5, 5.41) is 6.02. The van der Waals surface area contributed by atoms with E-state index in [1.807, 2.05) is 18.2 Å². The van der Waals surface area contributed by atoms with Crippen molar-refractivity contribution in [3.63, 3.8) is 0 Å². The van der Waals surface area contributed by atoms with E-state index in [1.165, 1.54) is 0 Å². The minimum absolute atomic E-state index is 0.101. The fourth-order valence-corrected chi connectivity index (χ4v) is 1.71. The van der Waals surface area contributed by atoms with Crippen molar-refractivity contribution in [3.8, 4) is 5.75 Å². The second kappa shape index (κ2) is 5.23. The monoisotopic (exact) mass is 238 g/mol. The molecule has 0 unspecified atom stereocenters. The highest BCUT2D eigenvalue weighted by atomic mass is 32.1. The van der Waals surface area contributed by atoms with Crippen LogP contribution in [0.1, 0.15) is 5.56 Å². The van der Waals surface area contributed by atoms with Crippen molar-refractivity contribution in [1.82, 2.24) is 5.32 Å². The second-order valence-corrected chi connectivity index (χ2v) is 4.01. The summed E-state index contributed by atoms with van der Waals surface area (Å²) in [7, 11) is 0. The average molecular weight is 238 g/mol. The molecule has 86 valence electrons. The minimum Gasteiger partial charge on any atom is -0.482 e. The predicted molar refractivity (Wildman–Crippen MR) is 66.1 cm³/mol. The molecule has 1 aromatic carbocycles. The molecule has 1 aromatic rings. The maximum atomic E-state index is 11.1. The summed E-state index contributed by atoms with van der Waals surface area (Å²) in [4.78, 5) is 11.1. The van der Waals surface area contributed by atoms with Crippen LogP contribution in [0.2, 0.25) is 0 Å². The Hall–Kier alpha value is -1.20. The number of ether oxygens (including phenoxy) is 1. The van der Waals surface area contributed by atoms with E-state index in [0.717, 1.165) is 35.8 Å². The van der Waals surface area contributed by atoms with Gasteiger partial charge < -0.3 is 15.4 Å². The third-order valence-electron chi connectivity index (χ3n) is 2.29. The Labute approximate surface area is 99.8 Å². The van der Waals surface area contributed by atoms with Gasteiger partial charge >= 0.3 is 0 Å². The number of fused-ring (bicyclic) bond motifs is 1. The molecular weight excluding hydrogens is 224 g/mol. The fraction of sp³-hybridized carbons (Fsp3) is 0.364. The predicted octanol–water partition coefficient (Wildman–Crippen LogP) is 1.04. The molecule has 4 nitrogen and oxygen atoms in total. The van der Waals surface area contributed by atoms with Gasteiger partial charge in [0.1, 0.15) is 5.75 Å². The van der Waals surface area contributed by atoms with Crippen LogP contribution in [-0.4, -0.2) is 24.8 Å². The zero-order chi connectivity index (χ0) is 11.4. The molecule has 0 atom stereocenters. The smallest absolute Gasteiger partial charge is 0.262 e. The number of carbonyl (C=O) groups excluding carboxylic acids is 1. The van der Waals surface area contributed by atoms with Crippen molar-refractivity contribution in [2.24, 2.45) is 0 Å². The highest BCUT2D eigenvalue weighted by Gasteiger charge is 2.15. The van der Waals surface area contributed by atoms with Gasteiger partial charge in [-0.3, -0.25) is 4.79 Å². The summed E-state index contributed by atoms with van der Waals surface area (Å²) >= 11 is 4.12. The molecule has 0 spiro atoms. The van der Waals surface area contributed by atoms with Crippen molar-refractivity contribution in [2.45, 2.75) is 6.54 Å². The van der Waals surface area contributed by atoms with Crippen LogP contribution in [0, 0.1) is 0 Å². The molecule has 1 aliphatic rings. The largest absolute Gasteiger partial charge is 0.482 e. The third-order valence-corrected chi connectivity index (χ3v) is 2.52. The van der Waals surface area contributed by atoms with Crippen LogP contribution in [0.3, 0.4) is 0 Å². The molecular formula is C11H14N2O2S. The van der Waals surface area contributed by atoms with Gasteiger partial charge in [-0.15, -0.1) is 0 Å². The lowest BCUT2D eigenvalue weighted by molar-refractivity contribution is -0.118. The van der Waals surface area contributed by atoms with Gasteiger partial charge in [0.25, 0.3) is 5.91 Å². The zero-order valence-electron chi connectivity index (χ0n) is 8.82. The van der Waals surface area contributed by atoms with Crippen molar-refractivity contribution < 1.29 is 9.53 Å². The van der Waals surface area contributed by atoms with Gasteiger partial charge in [-0.05, 0) is 17.7 Å². The summed E-state index contributed by atoms with van der Waals surface area (Å²) in [5.74, 6) is 1.44. The quantitative estimate of drug-likeness (QED) is 0.542. The van der Waals surface area contributed by atoms with Crippen molar-refractivity contribution in [3.05, 3.63) is 23.8 Å². The van der Waals surface area contributed by atoms with Crippen LogP contribution in [0.25, 0.3) is 0 Å². The number of rotatable bonds is 4. The van der Waals surface area contributed by atoms with Gasteiger partial charge in [0.2, 0.25) is 0 Å². The van der Waals surface area contributed by atoms with E-state index < -0.39 is 0 Å². The molecule has 16 heavy (non-hydrogen) atoms. The van der Waals surface area contributed by atoms with E-state index in [0.29, 0.717) is 0 Å². The normalized spacial score (nSPS) is 13.9. The fourth-order valence-electron chi connectivity index (χ4n) is 1.55. The number of benzene rings is 1. The number of hydrogen-bond acceptors (Lipinski definition) is 4. The summed E-state index contributed by atoms with van der Waals surface area (Å²) in [6.45, 7) is 1.73. The SMILES string of the molecule is O=C1COc2ccc(CNCCS)cc2N1. The van der Waals surface area contributed by atoms with E-state index in [4.69, 9.17) is 4.74 Å². The zero-order valence-corrected chi connectivity index (χ0v) is 9.72. The van der Waals surface area contributed by atoms with Crippen LogP contribution < -0.4 is 15.4 Å². The van der Waals surface area contributed by atoms with E-state index in [1.54, 1.807) is 0 Å². The second-order valence-electron chi connectivity index (χ2n) is 3.57. The first-order chi connectivity index (χ1) is 7.79. The van der Waals surface area contributed by atoms with E-state index in [-0.39, 0.29) is 12.5 Å². The number of thiol groups is 1. The van der Waals surface area contributed by atoms with Crippen molar-refractivity contribution in [1.29, 1.82) is 0 Å². The van der Waals surface area contributed by atoms with E-state index in [2.05, 4.69) is 23.3 Å². The van der Waals surface area contributed by atoms with Crippen molar-refractivity contribution in [2.75, 3.05) is 24.2 Å². The molecule has 0 bridgehead atoms. The lowest BCUT2D eigenvalue weighted by atomic mass is 10.1.